The van der Waals surface area contributed by atoms with E-state index in [1.165, 1.54) is 0 Å². The normalized spacial score (nSPS) is 49.2. The summed E-state index contributed by atoms with van der Waals surface area (Å²) < 4.78 is 0. The number of carboxylic acids is 1. The highest BCUT2D eigenvalue weighted by Gasteiger charge is 2.70. The largest absolute Gasteiger partial charge is 0.481 e. The van der Waals surface area contributed by atoms with Gasteiger partial charge in [0.1, 0.15) is 0 Å². The molecular weight excluding hydrogens is 416 g/mol. The molecule has 8 heteroatoms. The highest BCUT2D eigenvalue weighted by molar-refractivity contribution is 6.47. The number of hydrogen-bond acceptors (Lipinski definition) is 7. The molecule has 0 aliphatic heterocycles. The number of Topliss-reactive ketones (excluding diaryl/α,β-unsaturated/α-hetero) is 3. The monoisotopic (exact) mass is 450 g/mol. The molecule has 4 aliphatic carbocycles. The van der Waals surface area contributed by atoms with E-state index in [0.717, 1.165) is 12.8 Å². The van der Waals surface area contributed by atoms with E-state index in [1.54, 1.807) is 6.92 Å². The average Bonchev–Trinajstić information content (AvgIpc) is 3.10. The maximum Gasteiger partial charge on any atom is 0.303 e. The zero-order chi connectivity index (χ0) is 23.7. The molecule has 0 saturated heterocycles. The molecule has 11 atom stereocenters. The fourth-order valence-electron chi connectivity index (χ4n) is 8.27. The molecule has 32 heavy (non-hydrogen) atoms. The Balaban J connectivity index is 1.70. The first-order valence-electron chi connectivity index (χ1n) is 11.7. The van der Waals surface area contributed by atoms with Crippen LogP contribution in [0.15, 0.2) is 0 Å². The van der Waals surface area contributed by atoms with Crippen molar-refractivity contribution in [2.75, 3.05) is 0 Å². The van der Waals surface area contributed by atoms with Crippen LogP contribution in [0.4, 0.5) is 0 Å². The van der Waals surface area contributed by atoms with Crippen molar-refractivity contribution in [3.05, 3.63) is 0 Å². The summed E-state index contributed by atoms with van der Waals surface area (Å²) >= 11 is 0. The van der Waals surface area contributed by atoms with Gasteiger partial charge in [0.15, 0.2) is 11.9 Å². The van der Waals surface area contributed by atoms with Gasteiger partial charge in [0.05, 0.1) is 12.2 Å². The lowest BCUT2D eigenvalue weighted by atomic mass is 9.42. The Bertz CT molecular complexity index is 853. The standard InChI is InChI=1S/C24H34O8/c1-10(4-7-17(27)28)11-5-6-12-18-13(9-16(26)23(11,12)2)24(3)14(8-15(18)25)19(29)20(30)21(31)22(24)32/h10-16,18,20,25-26,30H,4-9H2,1-3H3,(H,27,28)/t10-,11-,12+,13+,14-,15-,16+,18+,20+,23-,24-/m1/s1. The Morgan fingerprint density at radius 1 is 1.06 bits per heavy atom. The van der Waals surface area contributed by atoms with E-state index >= 15 is 0 Å². The molecule has 0 radical (unpaired) electrons. The van der Waals surface area contributed by atoms with Gasteiger partial charge in [-0.05, 0) is 67.1 Å². The molecule has 4 fully saturated rings. The molecule has 4 saturated carbocycles. The van der Waals surface area contributed by atoms with Crippen molar-refractivity contribution in [3.63, 3.8) is 0 Å². The summed E-state index contributed by atoms with van der Waals surface area (Å²) in [4.78, 5) is 49.3. The van der Waals surface area contributed by atoms with E-state index in [9.17, 15) is 34.5 Å². The van der Waals surface area contributed by atoms with Crippen LogP contribution >= 0.6 is 0 Å². The van der Waals surface area contributed by atoms with Gasteiger partial charge in [0.2, 0.25) is 11.6 Å². The topological polar surface area (TPSA) is 149 Å². The number of rotatable bonds is 4. The summed E-state index contributed by atoms with van der Waals surface area (Å²) in [6.07, 6.45) is -1.35. The van der Waals surface area contributed by atoms with Gasteiger partial charge in [-0.3, -0.25) is 19.2 Å². The van der Waals surface area contributed by atoms with Crippen LogP contribution in [0.25, 0.3) is 0 Å². The van der Waals surface area contributed by atoms with Gasteiger partial charge in [-0.2, -0.15) is 0 Å². The molecule has 178 valence electrons. The van der Waals surface area contributed by atoms with Gasteiger partial charge < -0.3 is 20.4 Å². The van der Waals surface area contributed by atoms with Gasteiger partial charge in [0.25, 0.3) is 0 Å². The summed E-state index contributed by atoms with van der Waals surface area (Å²) in [5, 5.41) is 41.6. The number of fused-ring (bicyclic) bond motifs is 5. The van der Waals surface area contributed by atoms with Crippen molar-refractivity contribution in [1.82, 2.24) is 0 Å². The fraction of sp³-hybridized carbons (Fsp3) is 0.833. The Morgan fingerprint density at radius 2 is 1.72 bits per heavy atom. The summed E-state index contributed by atoms with van der Waals surface area (Å²) in [6.45, 7) is 5.62. The van der Waals surface area contributed by atoms with Crippen molar-refractivity contribution in [3.8, 4) is 0 Å². The van der Waals surface area contributed by atoms with Gasteiger partial charge in [0, 0.05) is 17.8 Å². The highest BCUT2D eigenvalue weighted by Crippen LogP contribution is 2.67. The molecule has 0 heterocycles. The van der Waals surface area contributed by atoms with Crippen LogP contribution in [0.2, 0.25) is 0 Å². The predicted molar refractivity (Wildman–Crippen MR) is 111 cm³/mol. The third-order valence-electron chi connectivity index (χ3n) is 10.0. The first-order valence-corrected chi connectivity index (χ1v) is 11.7. The summed E-state index contributed by atoms with van der Waals surface area (Å²) in [5.74, 6) is -5.19. The lowest BCUT2D eigenvalue weighted by Gasteiger charge is -2.61. The SMILES string of the molecule is C[C@H](CCC(=O)O)[C@H]1CC[C@H]2[C@@H]3[C@H](O)C[C@@H]4C(=O)[C@H](O)C(=O)C(=O)[C@]4(C)[C@H]3C[C@H](O)[C@]12C. The second kappa shape index (κ2) is 7.71. The third kappa shape index (κ3) is 2.98. The Kier molecular flexibility index (Phi) is 5.66. The van der Waals surface area contributed by atoms with Crippen molar-refractivity contribution in [2.45, 2.75) is 77.6 Å². The van der Waals surface area contributed by atoms with Crippen molar-refractivity contribution >= 4 is 23.3 Å². The predicted octanol–water partition coefficient (Wildman–Crippen LogP) is 0.986. The first kappa shape index (κ1) is 23.5. The average molecular weight is 451 g/mol. The second-order valence-corrected chi connectivity index (χ2v) is 11.1. The lowest BCUT2D eigenvalue weighted by Crippen LogP contribution is -2.68. The van der Waals surface area contributed by atoms with E-state index in [4.69, 9.17) is 5.11 Å². The van der Waals surface area contributed by atoms with Gasteiger partial charge in [-0.15, -0.1) is 0 Å². The lowest BCUT2D eigenvalue weighted by molar-refractivity contribution is -0.204. The van der Waals surface area contributed by atoms with Gasteiger partial charge >= 0.3 is 5.97 Å². The van der Waals surface area contributed by atoms with E-state index in [1.807, 2.05) is 13.8 Å². The van der Waals surface area contributed by atoms with Crippen LogP contribution in [-0.4, -0.2) is 62.1 Å². The Morgan fingerprint density at radius 3 is 2.34 bits per heavy atom. The second-order valence-electron chi connectivity index (χ2n) is 11.1. The van der Waals surface area contributed by atoms with E-state index in [0.29, 0.717) is 6.42 Å². The molecule has 4 rings (SSSR count). The summed E-state index contributed by atoms with van der Waals surface area (Å²) in [6, 6.07) is 0. The van der Waals surface area contributed by atoms with Crippen LogP contribution < -0.4 is 0 Å². The number of carbonyl (C=O) groups is 4. The molecule has 8 nitrogen and oxygen atoms in total. The van der Waals surface area contributed by atoms with Crippen molar-refractivity contribution in [2.24, 2.45) is 46.3 Å². The number of carbonyl (C=O) groups excluding carboxylic acids is 3. The van der Waals surface area contributed by atoms with Crippen LogP contribution in [0.3, 0.4) is 0 Å². The highest BCUT2D eigenvalue weighted by atomic mass is 16.4. The molecular formula is C24H34O8. The molecule has 4 aliphatic rings. The smallest absolute Gasteiger partial charge is 0.303 e. The van der Waals surface area contributed by atoms with Gasteiger partial charge in [-0.1, -0.05) is 20.8 Å². The van der Waals surface area contributed by atoms with Crippen LogP contribution in [0, 0.1) is 46.3 Å². The molecule has 0 spiro atoms. The number of ketones is 3. The quantitative estimate of drug-likeness (QED) is 0.366. The van der Waals surface area contributed by atoms with Crippen LogP contribution in [0.5, 0.6) is 0 Å². The molecule has 0 aromatic rings. The number of aliphatic hydroxyl groups excluding tert-OH is 3. The molecule has 0 aromatic heterocycles. The maximum atomic E-state index is 13.1. The van der Waals surface area contributed by atoms with Crippen LogP contribution in [-0.2, 0) is 19.2 Å². The first-order chi connectivity index (χ1) is 14.9. The van der Waals surface area contributed by atoms with Crippen LogP contribution in [0.1, 0.15) is 59.3 Å². The summed E-state index contributed by atoms with van der Waals surface area (Å²) in [5.41, 5.74) is -1.89. The molecule has 0 bridgehead atoms. The van der Waals surface area contributed by atoms with Crippen molar-refractivity contribution < 1.29 is 39.6 Å². The number of carboxylic acid groups (broad SMARTS) is 1. The number of hydrogen-bond donors (Lipinski definition) is 4. The zero-order valence-electron chi connectivity index (χ0n) is 18.9. The molecule has 0 aromatic carbocycles. The van der Waals surface area contributed by atoms with E-state index in [2.05, 4.69) is 0 Å². The zero-order valence-corrected chi connectivity index (χ0v) is 18.9. The summed E-state index contributed by atoms with van der Waals surface area (Å²) in [7, 11) is 0. The number of aliphatic carboxylic acids is 1. The van der Waals surface area contributed by atoms with E-state index < -0.39 is 64.3 Å². The minimum atomic E-state index is -1.96. The van der Waals surface area contributed by atoms with E-state index in [-0.39, 0.29) is 42.9 Å². The third-order valence-corrected chi connectivity index (χ3v) is 10.0. The maximum absolute atomic E-state index is 13.1. The minimum Gasteiger partial charge on any atom is -0.481 e. The van der Waals surface area contributed by atoms with Crippen molar-refractivity contribution in [1.29, 1.82) is 0 Å². The Labute approximate surface area is 187 Å². The number of aliphatic hydroxyl groups is 3. The molecule has 0 amide bonds. The Hall–Kier alpha value is -1.64. The molecule has 4 N–H and O–H groups in total. The minimum absolute atomic E-state index is 0.0223. The van der Waals surface area contributed by atoms with Gasteiger partial charge in [-0.25, -0.2) is 0 Å². The molecule has 0 unspecified atom stereocenters. The fourth-order valence-corrected chi connectivity index (χ4v) is 8.27.